The van der Waals surface area contributed by atoms with E-state index in [1.54, 1.807) is 6.92 Å². The van der Waals surface area contributed by atoms with Crippen LogP contribution in [0.4, 0.5) is 0 Å². The van der Waals surface area contributed by atoms with Gasteiger partial charge in [-0.1, -0.05) is 6.92 Å². The SMILES string of the molecule is CC(=O)[C@@H](N)CC[C@H](C)C1CC1. The second-order valence-corrected chi connectivity index (χ2v) is 4.11. The van der Waals surface area contributed by atoms with Crippen molar-refractivity contribution >= 4 is 5.78 Å². The quantitative estimate of drug-likeness (QED) is 0.681. The van der Waals surface area contributed by atoms with E-state index in [1.807, 2.05) is 0 Å². The second kappa shape index (κ2) is 4.04. The molecule has 2 nitrogen and oxygen atoms in total. The fraction of sp³-hybridized carbons (Fsp3) is 0.900. The first-order valence-corrected chi connectivity index (χ1v) is 4.87. The maximum absolute atomic E-state index is 10.8. The lowest BCUT2D eigenvalue weighted by Gasteiger charge is -2.12. The highest BCUT2D eigenvalue weighted by atomic mass is 16.1. The number of ketones is 1. The van der Waals surface area contributed by atoms with Crippen molar-refractivity contribution in [2.45, 2.75) is 45.6 Å². The molecule has 0 amide bonds. The monoisotopic (exact) mass is 169 g/mol. The summed E-state index contributed by atoms with van der Waals surface area (Å²) in [7, 11) is 0. The van der Waals surface area contributed by atoms with E-state index in [0.29, 0.717) is 0 Å². The molecule has 70 valence electrons. The zero-order valence-corrected chi connectivity index (χ0v) is 8.05. The summed E-state index contributed by atoms with van der Waals surface area (Å²) < 4.78 is 0. The Bertz CT molecular complexity index is 163. The molecule has 0 aromatic rings. The van der Waals surface area contributed by atoms with Gasteiger partial charge in [-0.2, -0.15) is 0 Å². The van der Waals surface area contributed by atoms with Gasteiger partial charge in [-0.15, -0.1) is 0 Å². The topological polar surface area (TPSA) is 43.1 Å². The van der Waals surface area contributed by atoms with Crippen LogP contribution in [0.1, 0.15) is 39.5 Å². The van der Waals surface area contributed by atoms with Crippen molar-refractivity contribution in [3.63, 3.8) is 0 Å². The number of hydrogen-bond acceptors (Lipinski definition) is 2. The molecular weight excluding hydrogens is 150 g/mol. The first-order chi connectivity index (χ1) is 5.61. The largest absolute Gasteiger partial charge is 0.322 e. The lowest BCUT2D eigenvalue weighted by Crippen LogP contribution is -2.28. The Morgan fingerprint density at radius 2 is 2.08 bits per heavy atom. The number of rotatable bonds is 5. The summed E-state index contributed by atoms with van der Waals surface area (Å²) in [5, 5.41) is 0. The van der Waals surface area contributed by atoms with Crippen LogP contribution in [0.2, 0.25) is 0 Å². The molecule has 2 N–H and O–H groups in total. The molecule has 0 spiro atoms. The summed E-state index contributed by atoms with van der Waals surface area (Å²) in [4.78, 5) is 10.8. The molecule has 0 unspecified atom stereocenters. The third-order valence-corrected chi connectivity index (χ3v) is 2.88. The van der Waals surface area contributed by atoms with E-state index >= 15 is 0 Å². The van der Waals surface area contributed by atoms with Gasteiger partial charge in [0.25, 0.3) is 0 Å². The van der Waals surface area contributed by atoms with Gasteiger partial charge in [0.2, 0.25) is 0 Å². The Morgan fingerprint density at radius 3 is 2.50 bits per heavy atom. The average molecular weight is 169 g/mol. The maximum atomic E-state index is 10.8. The predicted octanol–water partition coefficient (Wildman–Crippen LogP) is 1.73. The van der Waals surface area contributed by atoms with E-state index in [1.165, 1.54) is 12.8 Å². The van der Waals surface area contributed by atoms with E-state index in [4.69, 9.17) is 5.73 Å². The third kappa shape index (κ3) is 2.94. The molecule has 12 heavy (non-hydrogen) atoms. The standard InChI is InChI=1S/C10H19NO/c1-7(9-4-5-9)3-6-10(11)8(2)12/h7,9-10H,3-6,11H2,1-2H3/t7-,10-/m0/s1. The number of carbonyl (C=O) groups is 1. The normalized spacial score (nSPS) is 21.9. The van der Waals surface area contributed by atoms with Crippen LogP contribution in [0, 0.1) is 11.8 Å². The van der Waals surface area contributed by atoms with Crippen molar-refractivity contribution in [2.24, 2.45) is 17.6 Å². The van der Waals surface area contributed by atoms with Crippen LogP contribution >= 0.6 is 0 Å². The first kappa shape index (κ1) is 9.72. The lowest BCUT2D eigenvalue weighted by molar-refractivity contribution is -0.118. The molecule has 0 heterocycles. The number of carbonyl (C=O) groups excluding carboxylic acids is 1. The Hall–Kier alpha value is -0.370. The third-order valence-electron chi connectivity index (χ3n) is 2.88. The summed E-state index contributed by atoms with van der Waals surface area (Å²) >= 11 is 0. The Balaban J connectivity index is 2.11. The van der Waals surface area contributed by atoms with Crippen LogP contribution in [0.15, 0.2) is 0 Å². The van der Waals surface area contributed by atoms with Crippen molar-refractivity contribution in [2.75, 3.05) is 0 Å². The van der Waals surface area contributed by atoms with Crippen LogP contribution in [-0.2, 0) is 4.79 Å². The molecule has 1 rings (SSSR count). The molecule has 0 saturated heterocycles. The molecule has 0 aromatic heterocycles. The summed E-state index contributed by atoms with van der Waals surface area (Å²) in [6.45, 7) is 3.84. The Morgan fingerprint density at radius 1 is 1.50 bits per heavy atom. The van der Waals surface area contributed by atoms with Gasteiger partial charge in [-0.3, -0.25) is 4.79 Å². The highest BCUT2D eigenvalue weighted by Crippen LogP contribution is 2.38. The van der Waals surface area contributed by atoms with E-state index in [9.17, 15) is 4.79 Å². The van der Waals surface area contributed by atoms with E-state index in [-0.39, 0.29) is 11.8 Å². The van der Waals surface area contributed by atoms with E-state index in [0.717, 1.165) is 24.7 Å². The molecule has 1 aliphatic carbocycles. The van der Waals surface area contributed by atoms with Crippen LogP contribution < -0.4 is 5.73 Å². The minimum atomic E-state index is -0.216. The summed E-state index contributed by atoms with van der Waals surface area (Å²) in [6.07, 6.45) is 4.76. The first-order valence-electron chi connectivity index (χ1n) is 4.87. The van der Waals surface area contributed by atoms with Gasteiger partial charge < -0.3 is 5.73 Å². The number of Topliss-reactive ketones (excluding diaryl/α,β-unsaturated/α-hetero) is 1. The Labute approximate surface area is 74.5 Å². The second-order valence-electron chi connectivity index (χ2n) is 4.11. The summed E-state index contributed by atoms with van der Waals surface area (Å²) in [6, 6.07) is -0.216. The van der Waals surface area contributed by atoms with Crippen molar-refractivity contribution in [3.05, 3.63) is 0 Å². The molecule has 0 bridgehead atoms. The fourth-order valence-corrected chi connectivity index (χ4v) is 1.55. The zero-order valence-electron chi connectivity index (χ0n) is 8.05. The number of nitrogens with two attached hydrogens (primary N) is 1. The van der Waals surface area contributed by atoms with Gasteiger partial charge in [0.05, 0.1) is 6.04 Å². The molecule has 0 aromatic carbocycles. The van der Waals surface area contributed by atoms with Crippen molar-refractivity contribution < 1.29 is 4.79 Å². The van der Waals surface area contributed by atoms with Gasteiger partial charge in [-0.25, -0.2) is 0 Å². The van der Waals surface area contributed by atoms with E-state index in [2.05, 4.69) is 6.92 Å². The van der Waals surface area contributed by atoms with Crippen LogP contribution in [-0.4, -0.2) is 11.8 Å². The van der Waals surface area contributed by atoms with Gasteiger partial charge in [0.15, 0.2) is 0 Å². The minimum Gasteiger partial charge on any atom is -0.322 e. The fourth-order valence-electron chi connectivity index (χ4n) is 1.55. The molecule has 0 radical (unpaired) electrons. The smallest absolute Gasteiger partial charge is 0.146 e. The van der Waals surface area contributed by atoms with Crippen LogP contribution in [0.3, 0.4) is 0 Å². The van der Waals surface area contributed by atoms with E-state index < -0.39 is 0 Å². The van der Waals surface area contributed by atoms with Gasteiger partial charge >= 0.3 is 0 Å². The lowest BCUT2D eigenvalue weighted by atomic mass is 9.96. The summed E-state index contributed by atoms with van der Waals surface area (Å²) in [5.74, 6) is 1.83. The molecule has 2 heteroatoms. The number of hydrogen-bond donors (Lipinski definition) is 1. The molecule has 2 atom stereocenters. The molecule has 1 fully saturated rings. The van der Waals surface area contributed by atoms with Crippen molar-refractivity contribution in [1.82, 2.24) is 0 Å². The molecule has 0 aliphatic heterocycles. The van der Waals surface area contributed by atoms with Gasteiger partial charge in [0, 0.05) is 0 Å². The van der Waals surface area contributed by atoms with Crippen molar-refractivity contribution in [1.29, 1.82) is 0 Å². The van der Waals surface area contributed by atoms with Crippen LogP contribution in [0.5, 0.6) is 0 Å². The highest BCUT2D eigenvalue weighted by molar-refractivity contribution is 5.81. The highest BCUT2D eigenvalue weighted by Gasteiger charge is 2.27. The molecular formula is C10H19NO. The zero-order chi connectivity index (χ0) is 9.14. The molecule has 1 aliphatic rings. The maximum Gasteiger partial charge on any atom is 0.146 e. The molecule has 1 saturated carbocycles. The Kier molecular flexibility index (Phi) is 3.27. The summed E-state index contributed by atoms with van der Waals surface area (Å²) in [5.41, 5.74) is 5.64. The van der Waals surface area contributed by atoms with Crippen molar-refractivity contribution in [3.8, 4) is 0 Å². The predicted molar refractivity (Wildman–Crippen MR) is 49.8 cm³/mol. The average Bonchev–Trinajstić information content (AvgIpc) is 2.81. The van der Waals surface area contributed by atoms with Gasteiger partial charge in [-0.05, 0) is 44.4 Å². The van der Waals surface area contributed by atoms with Crippen LogP contribution in [0.25, 0.3) is 0 Å². The van der Waals surface area contributed by atoms with Gasteiger partial charge in [0.1, 0.15) is 5.78 Å². The minimum absolute atomic E-state index is 0.123.